The molecule has 1 spiro atoms. The lowest BCUT2D eigenvalue weighted by Gasteiger charge is -2.53. The molecule has 1 aromatic heterocycles. The van der Waals surface area contributed by atoms with E-state index in [2.05, 4.69) is 16.3 Å². The van der Waals surface area contributed by atoms with Crippen LogP contribution in [0.4, 0.5) is 5.69 Å². The van der Waals surface area contributed by atoms with E-state index in [1.54, 1.807) is 6.26 Å². The van der Waals surface area contributed by atoms with Crippen molar-refractivity contribution < 1.29 is 9.21 Å². The quantitative estimate of drug-likeness (QED) is 0.869. The van der Waals surface area contributed by atoms with Gasteiger partial charge in [0.1, 0.15) is 11.4 Å². The number of carbonyl (C=O) groups excluding carboxylic acids is 1. The third-order valence-electron chi connectivity index (χ3n) is 7.62. The molecule has 1 aromatic carbocycles. The molecule has 1 aliphatic heterocycles. The van der Waals surface area contributed by atoms with Gasteiger partial charge in [-0.1, -0.05) is 18.6 Å². The number of fused-ring (bicyclic) bond motifs is 7. The minimum atomic E-state index is -0.242. The summed E-state index contributed by atoms with van der Waals surface area (Å²) >= 11 is 0. The molecule has 6 rings (SSSR count). The molecule has 0 unspecified atom stereocenters. The molecule has 4 nitrogen and oxygen atoms in total. The highest BCUT2D eigenvalue weighted by Gasteiger charge is 2.65. The number of rotatable bonds is 2. The van der Waals surface area contributed by atoms with Crippen molar-refractivity contribution >= 4 is 11.6 Å². The summed E-state index contributed by atoms with van der Waals surface area (Å²) < 4.78 is 5.62. The Bertz CT molecular complexity index is 861. The molecule has 0 saturated heterocycles. The maximum atomic E-state index is 13.5. The molecule has 5 atom stereocenters. The molecule has 134 valence electrons. The third-order valence-corrected chi connectivity index (χ3v) is 7.62. The summed E-state index contributed by atoms with van der Waals surface area (Å²) in [6, 6.07) is 11.9. The Morgan fingerprint density at radius 1 is 1.15 bits per heavy atom. The standard InChI is InChI=1S/C22H24N2O2/c25-21-18-6-1-2-9-20(18)23-22(24(21)13-15-5-4-10-26-15)12-14-11-19(22)17-8-3-7-16(14)17/h1-2,4-6,9-10,14,16-17,19,23H,3,7-8,11-13H2/t14-,16-,17+,19-,22+/m1/s1. The summed E-state index contributed by atoms with van der Waals surface area (Å²) in [5.41, 5.74) is 1.56. The summed E-state index contributed by atoms with van der Waals surface area (Å²) in [4.78, 5) is 15.6. The molecule has 1 N–H and O–H groups in total. The van der Waals surface area contributed by atoms with Crippen LogP contribution < -0.4 is 5.32 Å². The topological polar surface area (TPSA) is 45.5 Å². The minimum absolute atomic E-state index is 0.151. The molecule has 4 aliphatic rings. The van der Waals surface area contributed by atoms with Gasteiger partial charge in [0.25, 0.3) is 5.91 Å². The van der Waals surface area contributed by atoms with Crippen LogP contribution in [0.5, 0.6) is 0 Å². The van der Waals surface area contributed by atoms with E-state index in [9.17, 15) is 4.79 Å². The molecule has 3 saturated carbocycles. The zero-order valence-electron chi connectivity index (χ0n) is 14.9. The molecule has 0 radical (unpaired) electrons. The Kier molecular flexibility index (Phi) is 2.95. The largest absolute Gasteiger partial charge is 0.467 e. The summed E-state index contributed by atoms with van der Waals surface area (Å²) in [6.07, 6.45) is 8.14. The number of hydrogen-bond acceptors (Lipinski definition) is 3. The van der Waals surface area contributed by atoms with Gasteiger partial charge in [-0.05, 0) is 67.7 Å². The molecular formula is C22H24N2O2. The molecule has 2 bridgehead atoms. The van der Waals surface area contributed by atoms with Gasteiger partial charge in [-0.2, -0.15) is 0 Å². The second-order valence-corrected chi connectivity index (χ2v) is 8.63. The van der Waals surface area contributed by atoms with Gasteiger partial charge >= 0.3 is 0 Å². The van der Waals surface area contributed by atoms with Crippen molar-refractivity contribution in [1.29, 1.82) is 0 Å². The van der Waals surface area contributed by atoms with E-state index in [0.29, 0.717) is 12.5 Å². The number of carbonyl (C=O) groups is 1. The Morgan fingerprint density at radius 3 is 2.92 bits per heavy atom. The van der Waals surface area contributed by atoms with Crippen molar-refractivity contribution in [3.8, 4) is 0 Å². The molecule has 4 heteroatoms. The van der Waals surface area contributed by atoms with Gasteiger partial charge in [0.2, 0.25) is 0 Å². The highest BCUT2D eigenvalue weighted by atomic mass is 16.3. The number of nitrogens with one attached hydrogen (secondary N) is 1. The van der Waals surface area contributed by atoms with E-state index in [-0.39, 0.29) is 11.6 Å². The maximum absolute atomic E-state index is 13.5. The minimum Gasteiger partial charge on any atom is -0.467 e. The van der Waals surface area contributed by atoms with Crippen molar-refractivity contribution in [2.24, 2.45) is 23.7 Å². The average Bonchev–Trinajstić information content (AvgIpc) is 3.40. The Balaban J connectivity index is 1.46. The number of anilines is 1. The maximum Gasteiger partial charge on any atom is 0.258 e. The fourth-order valence-corrected chi connectivity index (χ4v) is 6.74. The van der Waals surface area contributed by atoms with E-state index in [1.165, 1.54) is 25.7 Å². The first-order valence-electron chi connectivity index (χ1n) is 9.98. The zero-order valence-corrected chi connectivity index (χ0v) is 14.9. The lowest BCUT2D eigenvalue weighted by molar-refractivity contribution is 0.00831. The van der Waals surface area contributed by atoms with Crippen LogP contribution in [-0.4, -0.2) is 16.5 Å². The average molecular weight is 348 g/mol. The van der Waals surface area contributed by atoms with Crippen LogP contribution in [0.3, 0.4) is 0 Å². The van der Waals surface area contributed by atoms with Gasteiger partial charge in [0.15, 0.2) is 0 Å². The van der Waals surface area contributed by atoms with Crippen molar-refractivity contribution in [1.82, 2.24) is 4.90 Å². The van der Waals surface area contributed by atoms with Crippen molar-refractivity contribution in [3.05, 3.63) is 54.0 Å². The fraction of sp³-hybridized carbons (Fsp3) is 0.500. The fourth-order valence-electron chi connectivity index (χ4n) is 6.74. The van der Waals surface area contributed by atoms with Gasteiger partial charge < -0.3 is 14.6 Å². The zero-order chi connectivity index (χ0) is 17.3. The highest BCUT2D eigenvalue weighted by molar-refractivity contribution is 6.02. The second kappa shape index (κ2) is 5.15. The third kappa shape index (κ3) is 1.82. The summed E-state index contributed by atoms with van der Waals surface area (Å²) in [6.45, 7) is 0.549. The van der Waals surface area contributed by atoms with Gasteiger partial charge in [-0.3, -0.25) is 4.79 Å². The second-order valence-electron chi connectivity index (χ2n) is 8.63. The van der Waals surface area contributed by atoms with Crippen LogP contribution in [0.2, 0.25) is 0 Å². The number of amides is 1. The molecule has 3 aliphatic carbocycles. The molecule has 3 fully saturated rings. The van der Waals surface area contributed by atoms with E-state index in [4.69, 9.17) is 4.42 Å². The van der Waals surface area contributed by atoms with Gasteiger partial charge in [-0.25, -0.2) is 0 Å². The monoisotopic (exact) mass is 348 g/mol. The number of benzene rings is 1. The van der Waals surface area contributed by atoms with Crippen molar-refractivity contribution in [2.45, 2.75) is 44.3 Å². The summed E-state index contributed by atoms with van der Waals surface area (Å²) in [7, 11) is 0. The van der Waals surface area contributed by atoms with Crippen molar-refractivity contribution in [3.63, 3.8) is 0 Å². The van der Waals surface area contributed by atoms with Crippen LogP contribution in [0, 0.1) is 23.7 Å². The van der Waals surface area contributed by atoms with Gasteiger partial charge in [0.05, 0.1) is 18.4 Å². The van der Waals surface area contributed by atoms with E-state index < -0.39 is 0 Å². The van der Waals surface area contributed by atoms with Gasteiger partial charge in [-0.15, -0.1) is 0 Å². The van der Waals surface area contributed by atoms with Crippen LogP contribution in [0.1, 0.15) is 48.2 Å². The Morgan fingerprint density at radius 2 is 2.04 bits per heavy atom. The summed E-state index contributed by atoms with van der Waals surface area (Å²) in [5, 5.41) is 3.87. The van der Waals surface area contributed by atoms with Crippen LogP contribution in [0.15, 0.2) is 47.1 Å². The number of furan rings is 1. The number of hydrogen-bond donors (Lipinski definition) is 1. The van der Waals surface area contributed by atoms with E-state index in [1.807, 2.05) is 30.3 Å². The molecular weight excluding hydrogens is 324 g/mol. The van der Waals surface area contributed by atoms with Crippen LogP contribution >= 0.6 is 0 Å². The molecule has 2 heterocycles. The van der Waals surface area contributed by atoms with E-state index in [0.717, 1.165) is 41.2 Å². The first kappa shape index (κ1) is 14.9. The summed E-state index contributed by atoms with van der Waals surface area (Å²) in [5.74, 6) is 4.01. The van der Waals surface area contributed by atoms with Crippen LogP contribution in [0.25, 0.3) is 0 Å². The van der Waals surface area contributed by atoms with Crippen molar-refractivity contribution in [2.75, 3.05) is 5.32 Å². The Labute approximate surface area is 153 Å². The smallest absolute Gasteiger partial charge is 0.258 e. The number of nitrogens with zero attached hydrogens (tertiary/aromatic N) is 1. The SMILES string of the molecule is O=C1c2ccccc2N[C@@]2(C[C@H]3C[C@@H]2[C@H]2CCC[C@H]32)N1Cc1ccco1. The first-order valence-corrected chi connectivity index (χ1v) is 9.98. The predicted molar refractivity (Wildman–Crippen MR) is 98.4 cm³/mol. The lowest BCUT2D eigenvalue weighted by atomic mass is 9.73. The van der Waals surface area contributed by atoms with Crippen LogP contribution in [-0.2, 0) is 6.54 Å². The highest BCUT2D eigenvalue weighted by Crippen LogP contribution is 2.64. The predicted octanol–water partition coefficient (Wildman–Crippen LogP) is 4.50. The molecule has 2 aromatic rings. The molecule has 26 heavy (non-hydrogen) atoms. The first-order chi connectivity index (χ1) is 12.8. The van der Waals surface area contributed by atoms with Gasteiger partial charge in [0, 0.05) is 11.6 Å². The number of para-hydroxylation sites is 1. The molecule has 1 amide bonds. The lowest BCUT2D eigenvalue weighted by Crippen LogP contribution is -2.64. The van der Waals surface area contributed by atoms with E-state index >= 15 is 0 Å². The normalized spacial score (nSPS) is 37.1. The Hall–Kier alpha value is -2.23.